The molecule has 3 aromatic rings. The summed E-state index contributed by atoms with van der Waals surface area (Å²) in [5.41, 5.74) is 10.1. The fourth-order valence-corrected chi connectivity index (χ4v) is 3.52. The van der Waals surface area contributed by atoms with E-state index in [0.717, 1.165) is 5.65 Å². The Kier molecular flexibility index (Phi) is 4.97. The standard InChI is InChI=1S/C18H23N9O2/c1-10(2)27-9-22-14-13(12-7-20-17(19)21-8-12)23-18(24-15(14)27)26-5-3-11(4-6-26)16(28)25-29/h7-11,29H,3-6H2,1-2H3,(H,25,28)(H2,19,20,21). The molecule has 1 saturated heterocycles. The second-order valence-electron chi connectivity index (χ2n) is 7.36. The van der Waals surface area contributed by atoms with Gasteiger partial charge in [-0.15, -0.1) is 0 Å². The first-order chi connectivity index (χ1) is 14.0. The van der Waals surface area contributed by atoms with Crippen LogP contribution in [0.3, 0.4) is 0 Å². The number of nitrogens with zero attached hydrogens (tertiary/aromatic N) is 7. The number of amides is 1. The molecular formula is C18H23N9O2. The number of rotatable bonds is 4. The highest BCUT2D eigenvalue weighted by atomic mass is 16.5. The molecule has 0 atom stereocenters. The Bertz CT molecular complexity index is 1020. The van der Waals surface area contributed by atoms with Crippen LogP contribution in [0.4, 0.5) is 11.9 Å². The molecule has 0 bridgehead atoms. The van der Waals surface area contributed by atoms with Gasteiger partial charge in [0.1, 0.15) is 11.2 Å². The Morgan fingerprint density at radius 1 is 1.21 bits per heavy atom. The first-order valence-electron chi connectivity index (χ1n) is 9.49. The number of hydroxylamine groups is 1. The summed E-state index contributed by atoms with van der Waals surface area (Å²) in [7, 11) is 0. The van der Waals surface area contributed by atoms with E-state index in [1.807, 2.05) is 9.47 Å². The number of aromatic nitrogens is 6. The van der Waals surface area contributed by atoms with Gasteiger partial charge in [0.2, 0.25) is 17.8 Å². The van der Waals surface area contributed by atoms with E-state index in [2.05, 4.69) is 28.8 Å². The van der Waals surface area contributed by atoms with Crippen LogP contribution in [0.5, 0.6) is 0 Å². The second-order valence-corrected chi connectivity index (χ2v) is 7.36. The molecule has 4 N–H and O–H groups in total. The van der Waals surface area contributed by atoms with Crippen LogP contribution >= 0.6 is 0 Å². The fourth-order valence-electron chi connectivity index (χ4n) is 3.52. The maximum absolute atomic E-state index is 11.7. The fraction of sp³-hybridized carbons (Fsp3) is 0.444. The number of hydrogen-bond acceptors (Lipinski definition) is 9. The third-order valence-electron chi connectivity index (χ3n) is 5.17. The number of anilines is 2. The van der Waals surface area contributed by atoms with Crippen LogP contribution < -0.4 is 16.1 Å². The number of nitrogens with two attached hydrogens (primary N) is 1. The van der Waals surface area contributed by atoms with E-state index in [9.17, 15) is 4.79 Å². The first kappa shape index (κ1) is 19.0. The van der Waals surface area contributed by atoms with Gasteiger partial charge in [0.15, 0.2) is 5.65 Å². The summed E-state index contributed by atoms with van der Waals surface area (Å²) in [6.07, 6.45) is 6.22. The molecule has 0 spiro atoms. The van der Waals surface area contributed by atoms with Crippen molar-refractivity contribution in [2.75, 3.05) is 23.7 Å². The summed E-state index contributed by atoms with van der Waals surface area (Å²) in [5.74, 6) is 0.190. The molecule has 0 aromatic carbocycles. The molecule has 11 nitrogen and oxygen atoms in total. The molecule has 4 rings (SSSR count). The van der Waals surface area contributed by atoms with Crippen molar-refractivity contribution < 1.29 is 10.0 Å². The molecule has 1 aliphatic heterocycles. The minimum absolute atomic E-state index is 0.178. The number of carbonyl (C=O) groups is 1. The van der Waals surface area contributed by atoms with Gasteiger partial charge in [-0.3, -0.25) is 10.0 Å². The predicted molar refractivity (Wildman–Crippen MR) is 106 cm³/mol. The highest BCUT2D eigenvalue weighted by Gasteiger charge is 2.27. The Balaban J connectivity index is 1.75. The van der Waals surface area contributed by atoms with Crippen molar-refractivity contribution in [3.63, 3.8) is 0 Å². The van der Waals surface area contributed by atoms with Crippen LogP contribution in [0.25, 0.3) is 22.4 Å². The van der Waals surface area contributed by atoms with Gasteiger partial charge >= 0.3 is 0 Å². The zero-order valence-corrected chi connectivity index (χ0v) is 16.3. The monoisotopic (exact) mass is 397 g/mol. The zero-order chi connectivity index (χ0) is 20.5. The van der Waals surface area contributed by atoms with Crippen molar-refractivity contribution >= 4 is 29.0 Å². The number of nitrogen functional groups attached to an aromatic ring is 1. The Morgan fingerprint density at radius 3 is 2.52 bits per heavy atom. The van der Waals surface area contributed by atoms with Crippen LogP contribution in [0.2, 0.25) is 0 Å². The summed E-state index contributed by atoms with van der Waals surface area (Å²) < 4.78 is 1.99. The van der Waals surface area contributed by atoms with Crippen molar-refractivity contribution in [3.05, 3.63) is 18.7 Å². The first-order valence-corrected chi connectivity index (χ1v) is 9.49. The van der Waals surface area contributed by atoms with Crippen LogP contribution in [0.1, 0.15) is 32.7 Å². The van der Waals surface area contributed by atoms with Gasteiger partial charge in [-0.05, 0) is 26.7 Å². The smallest absolute Gasteiger partial charge is 0.246 e. The number of hydrogen-bond donors (Lipinski definition) is 3. The molecule has 0 saturated carbocycles. The molecule has 0 aliphatic carbocycles. The Hall–Kier alpha value is -3.34. The lowest BCUT2D eigenvalue weighted by atomic mass is 9.96. The van der Waals surface area contributed by atoms with Crippen molar-refractivity contribution in [2.24, 2.45) is 5.92 Å². The minimum Gasteiger partial charge on any atom is -0.368 e. The number of fused-ring (bicyclic) bond motifs is 1. The lowest BCUT2D eigenvalue weighted by Gasteiger charge is -2.31. The summed E-state index contributed by atoms with van der Waals surface area (Å²) in [6.45, 7) is 5.34. The SMILES string of the molecule is CC(C)n1cnc2c(-c3cnc(N)nc3)nc(N3CCC(C(=O)NO)CC3)nc21. The van der Waals surface area contributed by atoms with E-state index >= 15 is 0 Å². The predicted octanol–water partition coefficient (Wildman–Crippen LogP) is 1.17. The number of nitrogens with one attached hydrogen (secondary N) is 1. The Labute approximate surface area is 167 Å². The third-order valence-corrected chi connectivity index (χ3v) is 5.17. The van der Waals surface area contributed by atoms with Gasteiger partial charge in [0, 0.05) is 43.0 Å². The van der Waals surface area contributed by atoms with Gasteiger partial charge in [0.05, 0.1) is 6.33 Å². The molecule has 4 heterocycles. The van der Waals surface area contributed by atoms with Crippen molar-refractivity contribution in [1.82, 2.24) is 35.0 Å². The Morgan fingerprint density at radius 2 is 1.90 bits per heavy atom. The topological polar surface area (TPSA) is 148 Å². The third kappa shape index (κ3) is 3.56. The highest BCUT2D eigenvalue weighted by molar-refractivity contribution is 5.88. The van der Waals surface area contributed by atoms with Crippen LogP contribution in [0.15, 0.2) is 18.7 Å². The van der Waals surface area contributed by atoms with Gasteiger partial charge in [-0.1, -0.05) is 0 Å². The van der Waals surface area contributed by atoms with E-state index in [1.54, 1.807) is 24.2 Å². The summed E-state index contributed by atoms with van der Waals surface area (Å²) in [6, 6.07) is 0.178. The number of imidazole rings is 1. The molecule has 11 heteroatoms. The number of carbonyl (C=O) groups excluding carboxylic acids is 1. The van der Waals surface area contributed by atoms with E-state index in [1.165, 1.54) is 0 Å². The highest BCUT2D eigenvalue weighted by Crippen LogP contribution is 2.30. The molecule has 0 unspecified atom stereocenters. The van der Waals surface area contributed by atoms with Gasteiger partial charge in [0.25, 0.3) is 0 Å². The summed E-state index contributed by atoms with van der Waals surface area (Å²) in [4.78, 5) is 35.9. The molecule has 0 radical (unpaired) electrons. The largest absolute Gasteiger partial charge is 0.368 e. The second kappa shape index (κ2) is 7.59. The van der Waals surface area contributed by atoms with Gasteiger partial charge < -0.3 is 15.2 Å². The van der Waals surface area contributed by atoms with Crippen LogP contribution in [-0.2, 0) is 4.79 Å². The van der Waals surface area contributed by atoms with E-state index in [4.69, 9.17) is 20.9 Å². The van der Waals surface area contributed by atoms with E-state index in [-0.39, 0.29) is 23.8 Å². The average Bonchev–Trinajstić information content (AvgIpc) is 3.17. The van der Waals surface area contributed by atoms with Crippen LogP contribution in [0, 0.1) is 5.92 Å². The van der Waals surface area contributed by atoms with Crippen molar-refractivity contribution in [1.29, 1.82) is 0 Å². The molecule has 1 aliphatic rings. The normalized spacial score (nSPS) is 15.2. The van der Waals surface area contributed by atoms with E-state index in [0.29, 0.717) is 48.7 Å². The summed E-state index contributed by atoms with van der Waals surface area (Å²) in [5, 5.41) is 8.86. The maximum atomic E-state index is 11.7. The lowest BCUT2D eigenvalue weighted by molar-refractivity contribution is -0.134. The van der Waals surface area contributed by atoms with Gasteiger partial charge in [-0.2, -0.15) is 4.98 Å². The maximum Gasteiger partial charge on any atom is 0.246 e. The molecule has 3 aromatic heterocycles. The zero-order valence-electron chi connectivity index (χ0n) is 16.3. The quantitative estimate of drug-likeness (QED) is 0.435. The average molecular weight is 397 g/mol. The molecule has 152 valence electrons. The summed E-state index contributed by atoms with van der Waals surface area (Å²) >= 11 is 0. The molecule has 29 heavy (non-hydrogen) atoms. The van der Waals surface area contributed by atoms with Gasteiger partial charge in [-0.25, -0.2) is 25.4 Å². The van der Waals surface area contributed by atoms with Crippen molar-refractivity contribution in [2.45, 2.75) is 32.7 Å². The number of piperidine rings is 1. The molecule has 1 fully saturated rings. The molecule has 1 amide bonds. The van der Waals surface area contributed by atoms with E-state index < -0.39 is 0 Å². The van der Waals surface area contributed by atoms with Crippen LogP contribution in [-0.4, -0.2) is 53.7 Å². The minimum atomic E-state index is -0.349. The lowest BCUT2D eigenvalue weighted by Crippen LogP contribution is -2.40. The van der Waals surface area contributed by atoms with Crippen molar-refractivity contribution in [3.8, 4) is 11.3 Å². The molecular weight excluding hydrogens is 374 g/mol.